The minimum atomic E-state index is -0.117. The molecule has 7 nitrogen and oxygen atoms in total. The summed E-state index contributed by atoms with van der Waals surface area (Å²) in [5.41, 5.74) is 1.76. The highest BCUT2D eigenvalue weighted by Gasteiger charge is 2.24. The number of amides is 1. The lowest BCUT2D eigenvalue weighted by Gasteiger charge is -2.32. The van der Waals surface area contributed by atoms with Crippen LogP contribution in [0.2, 0.25) is 0 Å². The zero-order valence-corrected chi connectivity index (χ0v) is 17.3. The molecule has 1 N–H and O–H groups in total. The van der Waals surface area contributed by atoms with Crippen molar-refractivity contribution in [2.45, 2.75) is 25.5 Å². The Morgan fingerprint density at radius 1 is 1.17 bits per heavy atom. The molecular weight excluding hydrogens is 384 g/mol. The number of fused-ring (bicyclic) bond motifs is 1. The Morgan fingerprint density at radius 3 is 2.83 bits per heavy atom. The van der Waals surface area contributed by atoms with Crippen molar-refractivity contribution >= 4 is 5.91 Å². The van der Waals surface area contributed by atoms with Crippen molar-refractivity contribution in [1.82, 2.24) is 10.2 Å². The van der Waals surface area contributed by atoms with Crippen LogP contribution in [-0.2, 0) is 11.3 Å². The number of methoxy groups -OCH3 is 1. The van der Waals surface area contributed by atoms with Gasteiger partial charge >= 0.3 is 0 Å². The Labute approximate surface area is 176 Å². The fraction of sp³-hybridized carbons (Fsp3) is 0.435. The van der Waals surface area contributed by atoms with Crippen LogP contribution < -0.4 is 19.5 Å². The summed E-state index contributed by atoms with van der Waals surface area (Å²) in [5.74, 6) is 2.32. The first kappa shape index (κ1) is 20.5. The topological polar surface area (TPSA) is 69.3 Å². The number of nitrogens with one attached hydrogen (secondary N) is 1. The predicted molar refractivity (Wildman–Crippen MR) is 112 cm³/mol. The van der Waals surface area contributed by atoms with Crippen molar-refractivity contribution in [3.05, 3.63) is 53.6 Å². The molecule has 0 aliphatic carbocycles. The van der Waals surface area contributed by atoms with Gasteiger partial charge in [0.1, 0.15) is 11.9 Å². The zero-order valence-electron chi connectivity index (χ0n) is 17.3. The van der Waals surface area contributed by atoms with Gasteiger partial charge in [0.25, 0.3) is 5.91 Å². The lowest BCUT2D eigenvalue weighted by Crippen LogP contribution is -2.37. The van der Waals surface area contributed by atoms with E-state index in [0.29, 0.717) is 25.5 Å². The highest BCUT2D eigenvalue weighted by atomic mass is 16.7. The SMILES string of the molecule is COCCNC(=O)c1cccc(OC2CCN(Cc3cccc4c3OCO4)CC2)c1. The van der Waals surface area contributed by atoms with Crippen molar-refractivity contribution < 1.29 is 23.7 Å². The van der Waals surface area contributed by atoms with Gasteiger partial charge in [-0.05, 0) is 37.1 Å². The normalized spacial score (nSPS) is 16.4. The number of likely N-dealkylation sites (tertiary alicyclic amines) is 1. The number of nitrogens with zero attached hydrogens (tertiary/aromatic N) is 1. The smallest absolute Gasteiger partial charge is 0.251 e. The summed E-state index contributed by atoms with van der Waals surface area (Å²) >= 11 is 0. The van der Waals surface area contributed by atoms with E-state index in [2.05, 4.69) is 16.3 Å². The molecule has 2 aromatic carbocycles. The molecular formula is C23H28N2O5. The molecule has 7 heteroatoms. The first-order valence-electron chi connectivity index (χ1n) is 10.4. The van der Waals surface area contributed by atoms with Crippen LogP contribution in [0.1, 0.15) is 28.8 Å². The third-order valence-corrected chi connectivity index (χ3v) is 5.40. The molecule has 2 aliphatic rings. The first-order chi connectivity index (χ1) is 14.7. The first-order valence-corrected chi connectivity index (χ1v) is 10.4. The van der Waals surface area contributed by atoms with Gasteiger partial charge in [-0.25, -0.2) is 0 Å². The number of ether oxygens (including phenoxy) is 4. The molecule has 160 valence electrons. The maximum Gasteiger partial charge on any atom is 0.251 e. The Balaban J connectivity index is 1.27. The van der Waals surface area contributed by atoms with Crippen molar-refractivity contribution in [2.24, 2.45) is 0 Å². The molecule has 0 bridgehead atoms. The number of para-hydroxylation sites is 1. The van der Waals surface area contributed by atoms with E-state index in [-0.39, 0.29) is 12.0 Å². The Hall–Kier alpha value is -2.77. The Morgan fingerprint density at radius 2 is 2.00 bits per heavy atom. The summed E-state index contributed by atoms with van der Waals surface area (Å²) in [6, 6.07) is 13.4. The van der Waals surface area contributed by atoms with Crippen LogP contribution in [0.25, 0.3) is 0 Å². The van der Waals surface area contributed by atoms with Crippen LogP contribution in [0.4, 0.5) is 0 Å². The van der Waals surface area contributed by atoms with Gasteiger partial charge in [0, 0.05) is 44.4 Å². The predicted octanol–water partition coefficient (Wildman–Crippen LogP) is 2.83. The molecule has 0 unspecified atom stereocenters. The summed E-state index contributed by atoms with van der Waals surface area (Å²) in [4.78, 5) is 14.6. The number of hydrogen-bond acceptors (Lipinski definition) is 6. The Bertz CT molecular complexity index is 864. The van der Waals surface area contributed by atoms with E-state index in [4.69, 9.17) is 18.9 Å². The van der Waals surface area contributed by atoms with Crippen molar-refractivity contribution in [1.29, 1.82) is 0 Å². The number of hydrogen-bond donors (Lipinski definition) is 1. The van der Waals surface area contributed by atoms with Crippen LogP contribution in [0, 0.1) is 0 Å². The third-order valence-electron chi connectivity index (χ3n) is 5.40. The van der Waals surface area contributed by atoms with Gasteiger partial charge in [-0.1, -0.05) is 18.2 Å². The maximum atomic E-state index is 12.2. The van der Waals surface area contributed by atoms with E-state index in [1.807, 2.05) is 24.3 Å². The number of rotatable bonds is 8. The molecule has 1 saturated heterocycles. The minimum Gasteiger partial charge on any atom is -0.490 e. The molecule has 0 spiro atoms. The fourth-order valence-corrected chi connectivity index (χ4v) is 3.81. The van der Waals surface area contributed by atoms with Gasteiger partial charge < -0.3 is 24.3 Å². The lowest BCUT2D eigenvalue weighted by molar-refractivity contribution is 0.0923. The number of piperidine rings is 1. The number of benzene rings is 2. The molecule has 0 radical (unpaired) electrons. The van der Waals surface area contributed by atoms with Gasteiger partial charge in [0.05, 0.1) is 6.61 Å². The molecule has 0 saturated carbocycles. The van der Waals surface area contributed by atoms with Gasteiger partial charge in [0.2, 0.25) is 6.79 Å². The summed E-state index contributed by atoms with van der Waals surface area (Å²) < 4.78 is 22.2. The van der Waals surface area contributed by atoms with E-state index in [0.717, 1.165) is 55.3 Å². The molecule has 1 fully saturated rings. The lowest BCUT2D eigenvalue weighted by atomic mass is 10.1. The highest BCUT2D eigenvalue weighted by Crippen LogP contribution is 2.36. The van der Waals surface area contributed by atoms with Crippen LogP contribution in [0.5, 0.6) is 17.2 Å². The quantitative estimate of drug-likeness (QED) is 0.673. The number of carbonyl (C=O) groups is 1. The minimum absolute atomic E-state index is 0.117. The maximum absolute atomic E-state index is 12.2. The van der Waals surface area contributed by atoms with Crippen LogP contribution in [0.3, 0.4) is 0 Å². The molecule has 2 aromatic rings. The average Bonchev–Trinajstić information content (AvgIpc) is 3.25. The molecule has 1 amide bonds. The van der Waals surface area contributed by atoms with E-state index in [1.165, 1.54) is 0 Å². The average molecular weight is 412 g/mol. The summed E-state index contributed by atoms with van der Waals surface area (Å²) in [5, 5.41) is 2.83. The largest absolute Gasteiger partial charge is 0.490 e. The van der Waals surface area contributed by atoms with E-state index < -0.39 is 0 Å². The van der Waals surface area contributed by atoms with E-state index >= 15 is 0 Å². The molecule has 4 rings (SSSR count). The molecule has 30 heavy (non-hydrogen) atoms. The van der Waals surface area contributed by atoms with Crippen LogP contribution in [0.15, 0.2) is 42.5 Å². The monoisotopic (exact) mass is 412 g/mol. The molecule has 2 aliphatic heterocycles. The van der Waals surface area contributed by atoms with Gasteiger partial charge in [-0.15, -0.1) is 0 Å². The number of carbonyl (C=O) groups excluding carboxylic acids is 1. The molecule has 0 atom stereocenters. The van der Waals surface area contributed by atoms with E-state index in [1.54, 1.807) is 19.2 Å². The van der Waals surface area contributed by atoms with Gasteiger partial charge in [-0.2, -0.15) is 0 Å². The summed E-state index contributed by atoms with van der Waals surface area (Å²) in [6.07, 6.45) is 2.03. The zero-order chi connectivity index (χ0) is 20.8. The second kappa shape index (κ2) is 9.82. The van der Waals surface area contributed by atoms with Gasteiger partial charge in [0.15, 0.2) is 11.5 Å². The van der Waals surface area contributed by atoms with Crippen molar-refractivity contribution in [3.8, 4) is 17.2 Å². The highest BCUT2D eigenvalue weighted by molar-refractivity contribution is 5.94. The van der Waals surface area contributed by atoms with Crippen molar-refractivity contribution in [3.63, 3.8) is 0 Å². The second-order valence-corrected chi connectivity index (χ2v) is 7.52. The summed E-state index contributed by atoms with van der Waals surface area (Å²) in [7, 11) is 1.61. The fourth-order valence-electron chi connectivity index (χ4n) is 3.81. The van der Waals surface area contributed by atoms with Crippen LogP contribution >= 0.6 is 0 Å². The van der Waals surface area contributed by atoms with Gasteiger partial charge in [-0.3, -0.25) is 9.69 Å². The van der Waals surface area contributed by atoms with Crippen LogP contribution in [-0.4, -0.2) is 57.1 Å². The summed E-state index contributed by atoms with van der Waals surface area (Å²) in [6.45, 7) is 4.02. The third kappa shape index (κ3) is 5.04. The Kier molecular flexibility index (Phi) is 6.71. The molecule has 2 heterocycles. The standard InChI is InChI=1S/C23H28N2O5/c1-27-13-10-24-23(26)17-4-2-6-20(14-17)30-19-8-11-25(12-9-19)15-18-5-3-7-21-22(18)29-16-28-21/h2-7,14,19H,8-13,15-16H2,1H3,(H,24,26). The van der Waals surface area contributed by atoms with E-state index in [9.17, 15) is 4.79 Å². The molecule has 0 aromatic heterocycles. The second-order valence-electron chi connectivity index (χ2n) is 7.52. The van der Waals surface area contributed by atoms with Crippen molar-refractivity contribution in [2.75, 3.05) is 40.1 Å².